The van der Waals surface area contributed by atoms with E-state index in [1.54, 1.807) is 12.1 Å². The number of carbonyl (C=O) groups excluding carboxylic acids is 2. The first kappa shape index (κ1) is 37.1. The number of nitro benzene ring substituents is 1. The molecule has 0 saturated heterocycles. The standard InChI is InChI=1S/C36H39BrN4O7S/c1-25-14-19-31(22-32(25)41(44)45)49(46,47)40(29-15-17-30(48-5)18-16-29)24-34(42)39(23-27-12-9-13-28(37)20-27)33(35(43)38-36(2,3)4)21-26-10-7-6-8-11-26/h6-20,22,33H,21,23-24H2,1-5H3,(H,38,43)/t33-/m0/s1. The third kappa shape index (κ3) is 9.67. The van der Waals surface area contributed by atoms with Crippen LogP contribution in [0, 0.1) is 17.0 Å². The fraction of sp³-hybridized carbons (Fsp3) is 0.278. The zero-order valence-corrected chi connectivity index (χ0v) is 30.3. The van der Waals surface area contributed by atoms with Gasteiger partial charge in [-0.1, -0.05) is 64.5 Å². The van der Waals surface area contributed by atoms with Crippen molar-refractivity contribution in [2.45, 2.75) is 57.1 Å². The van der Waals surface area contributed by atoms with Gasteiger partial charge >= 0.3 is 0 Å². The van der Waals surface area contributed by atoms with Crippen molar-refractivity contribution in [3.8, 4) is 5.75 Å². The lowest BCUT2D eigenvalue weighted by Gasteiger charge is -2.35. The predicted octanol–water partition coefficient (Wildman–Crippen LogP) is 6.42. The molecule has 0 heterocycles. The molecule has 0 aliphatic rings. The van der Waals surface area contributed by atoms with Crippen LogP contribution in [-0.2, 0) is 32.6 Å². The average molecular weight is 752 g/mol. The third-order valence-electron chi connectivity index (χ3n) is 7.62. The number of hydrogen-bond donors (Lipinski definition) is 1. The van der Waals surface area contributed by atoms with Crippen molar-refractivity contribution in [1.29, 1.82) is 0 Å². The molecule has 4 aromatic carbocycles. The van der Waals surface area contributed by atoms with E-state index in [0.717, 1.165) is 20.4 Å². The number of benzene rings is 4. The summed E-state index contributed by atoms with van der Waals surface area (Å²) in [4.78, 5) is 40.8. The maximum atomic E-state index is 14.6. The Morgan fingerprint density at radius 3 is 2.18 bits per heavy atom. The summed E-state index contributed by atoms with van der Waals surface area (Å²) in [7, 11) is -3.09. The van der Waals surface area contributed by atoms with Gasteiger partial charge in [-0.3, -0.25) is 24.0 Å². The number of carbonyl (C=O) groups is 2. The van der Waals surface area contributed by atoms with Crippen molar-refractivity contribution in [2.75, 3.05) is 18.0 Å². The predicted molar refractivity (Wildman–Crippen MR) is 192 cm³/mol. The maximum Gasteiger partial charge on any atom is 0.273 e. The summed E-state index contributed by atoms with van der Waals surface area (Å²) in [6.07, 6.45) is 0.155. The summed E-state index contributed by atoms with van der Waals surface area (Å²) < 4.78 is 35.6. The van der Waals surface area contributed by atoms with Gasteiger partial charge in [-0.15, -0.1) is 0 Å². The van der Waals surface area contributed by atoms with E-state index in [2.05, 4.69) is 21.2 Å². The molecule has 11 nitrogen and oxygen atoms in total. The molecule has 0 aromatic heterocycles. The Labute approximate surface area is 295 Å². The second-order valence-corrected chi connectivity index (χ2v) is 15.3. The second-order valence-electron chi connectivity index (χ2n) is 12.5. The Morgan fingerprint density at radius 1 is 0.939 bits per heavy atom. The lowest BCUT2D eigenvalue weighted by Crippen LogP contribution is -2.56. The molecule has 4 rings (SSSR count). The molecule has 0 spiro atoms. The van der Waals surface area contributed by atoms with Crippen LogP contribution in [0.2, 0.25) is 0 Å². The fourth-order valence-electron chi connectivity index (χ4n) is 5.19. The molecule has 0 aliphatic carbocycles. The number of hydrogen-bond acceptors (Lipinski definition) is 7. The van der Waals surface area contributed by atoms with Gasteiger partial charge in [0.1, 0.15) is 18.3 Å². The number of methoxy groups -OCH3 is 1. The molecule has 1 atom stereocenters. The van der Waals surface area contributed by atoms with Crippen LogP contribution in [0.1, 0.15) is 37.5 Å². The lowest BCUT2D eigenvalue weighted by atomic mass is 10.0. The Hall–Kier alpha value is -4.75. The second kappa shape index (κ2) is 15.6. The van der Waals surface area contributed by atoms with Gasteiger partial charge in [0.25, 0.3) is 15.7 Å². The zero-order valence-electron chi connectivity index (χ0n) is 27.9. The SMILES string of the molecule is COc1ccc(N(CC(=O)N(Cc2cccc(Br)c2)[C@@H](Cc2ccccc2)C(=O)NC(C)(C)C)S(=O)(=O)c2ccc(C)c([N+](=O)[O-])c2)cc1. The number of nitrogens with zero attached hydrogens (tertiary/aromatic N) is 3. The van der Waals surface area contributed by atoms with Gasteiger partial charge in [0.2, 0.25) is 11.8 Å². The van der Waals surface area contributed by atoms with E-state index in [9.17, 15) is 28.1 Å². The van der Waals surface area contributed by atoms with Crippen molar-refractivity contribution in [3.63, 3.8) is 0 Å². The molecular formula is C36H39BrN4O7S. The van der Waals surface area contributed by atoms with Gasteiger partial charge in [-0.05, 0) is 81.3 Å². The Kier molecular flexibility index (Phi) is 11.8. The van der Waals surface area contributed by atoms with E-state index in [1.807, 2.05) is 75.4 Å². The van der Waals surface area contributed by atoms with Crippen LogP contribution in [0.25, 0.3) is 0 Å². The summed E-state index contributed by atoms with van der Waals surface area (Å²) in [6.45, 7) is 6.30. The van der Waals surface area contributed by atoms with Crippen LogP contribution in [-0.4, -0.2) is 55.3 Å². The number of amides is 2. The topological polar surface area (TPSA) is 139 Å². The van der Waals surface area contributed by atoms with Crippen LogP contribution in [0.15, 0.2) is 106 Å². The number of anilines is 1. The van der Waals surface area contributed by atoms with Crippen LogP contribution in [0.3, 0.4) is 0 Å². The zero-order chi connectivity index (χ0) is 35.9. The van der Waals surface area contributed by atoms with Gasteiger partial charge in [-0.2, -0.15) is 0 Å². The van der Waals surface area contributed by atoms with E-state index < -0.39 is 44.9 Å². The number of rotatable bonds is 13. The van der Waals surface area contributed by atoms with E-state index in [0.29, 0.717) is 11.3 Å². The summed E-state index contributed by atoms with van der Waals surface area (Å²) in [5.41, 5.74) is 0.908. The van der Waals surface area contributed by atoms with Crippen molar-refractivity contribution in [2.24, 2.45) is 0 Å². The van der Waals surface area contributed by atoms with Gasteiger partial charge in [0.15, 0.2) is 0 Å². The minimum Gasteiger partial charge on any atom is -0.497 e. The molecular weight excluding hydrogens is 712 g/mol. The maximum absolute atomic E-state index is 14.6. The first-order valence-electron chi connectivity index (χ1n) is 15.4. The summed E-state index contributed by atoms with van der Waals surface area (Å²) in [6, 6.07) is 25.2. The number of sulfonamides is 1. The molecule has 258 valence electrons. The van der Waals surface area contributed by atoms with Crippen LogP contribution in [0.5, 0.6) is 5.75 Å². The summed E-state index contributed by atoms with van der Waals surface area (Å²) >= 11 is 3.48. The van der Waals surface area contributed by atoms with Crippen LogP contribution in [0.4, 0.5) is 11.4 Å². The van der Waals surface area contributed by atoms with Crippen molar-refractivity contribution in [1.82, 2.24) is 10.2 Å². The molecule has 0 bridgehead atoms. The molecule has 1 N–H and O–H groups in total. The lowest BCUT2D eigenvalue weighted by molar-refractivity contribution is -0.385. The smallest absolute Gasteiger partial charge is 0.273 e. The van der Waals surface area contributed by atoms with Crippen LogP contribution >= 0.6 is 15.9 Å². The van der Waals surface area contributed by atoms with Gasteiger partial charge in [-0.25, -0.2) is 8.42 Å². The van der Waals surface area contributed by atoms with E-state index >= 15 is 0 Å². The highest BCUT2D eigenvalue weighted by atomic mass is 79.9. The number of aryl methyl sites for hydroxylation is 1. The number of ether oxygens (including phenoxy) is 1. The van der Waals surface area contributed by atoms with Gasteiger partial charge in [0, 0.05) is 34.6 Å². The Morgan fingerprint density at radius 2 is 1.59 bits per heavy atom. The van der Waals surface area contributed by atoms with Gasteiger partial charge in [0.05, 0.1) is 22.6 Å². The highest BCUT2D eigenvalue weighted by Crippen LogP contribution is 2.30. The highest BCUT2D eigenvalue weighted by Gasteiger charge is 2.36. The fourth-order valence-corrected chi connectivity index (χ4v) is 7.07. The Balaban J connectivity index is 1.86. The molecule has 2 amide bonds. The number of nitro groups is 1. The normalized spacial score (nSPS) is 12.1. The minimum absolute atomic E-state index is 0.0140. The van der Waals surface area contributed by atoms with E-state index in [4.69, 9.17) is 4.74 Å². The van der Waals surface area contributed by atoms with Crippen molar-refractivity contribution in [3.05, 3.63) is 128 Å². The number of nitrogens with one attached hydrogen (secondary N) is 1. The quantitative estimate of drug-likeness (QED) is 0.123. The number of halogens is 1. The molecule has 0 fully saturated rings. The molecule has 4 aromatic rings. The monoisotopic (exact) mass is 750 g/mol. The minimum atomic E-state index is -4.56. The van der Waals surface area contributed by atoms with E-state index in [1.165, 1.54) is 43.2 Å². The van der Waals surface area contributed by atoms with Crippen LogP contribution < -0.4 is 14.4 Å². The molecule has 49 heavy (non-hydrogen) atoms. The summed E-state index contributed by atoms with van der Waals surface area (Å²) in [5.74, 6) is -0.616. The molecule has 0 radical (unpaired) electrons. The first-order valence-corrected chi connectivity index (χ1v) is 17.6. The van der Waals surface area contributed by atoms with E-state index in [-0.39, 0.29) is 34.8 Å². The highest BCUT2D eigenvalue weighted by molar-refractivity contribution is 9.10. The molecule has 0 aliphatic heterocycles. The summed E-state index contributed by atoms with van der Waals surface area (Å²) in [5, 5.41) is 14.7. The largest absolute Gasteiger partial charge is 0.497 e. The Bertz CT molecular complexity index is 1910. The average Bonchev–Trinajstić information content (AvgIpc) is 3.04. The molecule has 13 heteroatoms. The van der Waals surface area contributed by atoms with Crippen molar-refractivity contribution < 1.29 is 27.7 Å². The first-order chi connectivity index (χ1) is 23.1. The molecule has 0 saturated carbocycles. The van der Waals surface area contributed by atoms with Gasteiger partial charge < -0.3 is 15.0 Å². The van der Waals surface area contributed by atoms with Crippen molar-refractivity contribution >= 4 is 49.1 Å². The molecule has 0 unspecified atom stereocenters. The third-order valence-corrected chi connectivity index (χ3v) is 9.88.